The first kappa shape index (κ1) is 8.26. The van der Waals surface area contributed by atoms with Gasteiger partial charge in [-0.2, -0.15) is 13.2 Å². The van der Waals surface area contributed by atoms with Crippen molar-refractivity contribution < 1.29 is 18.0 Å². The van der Waals surface area contributed by atoms with E-state index >= 15 is 0 Å². The van der Waals surface area contributed by atoms with E-state index in [1.807, 2.05) is 5.32 Å². The van der Waals surface area contributed by atoms with Crippen LogP contribution < -0.4 is 5.32 Å². The Hall–Kier alpha value is -0.740. The molecule has 0 bridgehead atoms. The van der Waals surface area contributed by atoms with Crippen LogP contribution in [0.3, 0.4) is 0 Å². The Morgan fingerprint density at radius 2 is 2.00 bits per heavy atom. The monoisotopic (exact) mass is 140 g/mol. The van der Waals surface area contributed by atoms with E-state index in [2.05, 4.69) is 0 Å². The third kappa shape index (κ3) is 5.13. The van der Waals surface area contributed by atoms with E-state index in [0.29, 0.717) is 0 Å². The van der Waals surface area contributed by atoms with Crippen LogP contribution in [0.1, 0.15) is 0 Å². The number of halogens is 3. The van der Waals surface area contributed by atoms with Crippen molar-refractivity contribution in [2.45, 2.75) is 6.18 Å². The number of carbonyl (C=O) groups is 1. The summed E-state index contributed by atoms with van der Waals surface area (Å²) in [7, 11) is 1.13. The number of rotatable bonds is 1. The van der Waals surface area contributed by atoms with Gasteiger partial charge in [0.2, 0.25) is 5.91 Å². The highest BCUT2D eigenvalue weighted by molar-refractivity contribution is 5.85. The number of alkyl halides is 3. The fraction of sp³-hybridized carbons (Fsp3) is 0.500. The zero-order chi connectivity index (χ0) is 7.49. The summed E-state index contributed by atoms with van der Waals surface area (Å²) in [5.41, 5.74) is 0. The zero-order valence-electron chi connectivity index (χ0n) is 4.62. The molecule has 0 saturated heterocycles. The van der Waals surface area contributed by atoms with E-state index in [9.17, 15) is 18.0 Å². The average molecular weight is 140 g/mol. The van der Waals surface area contributed by atoms with Gasteiger partial charge in [0.1, 0.15) is 0 Å². The molecule has 0 aromatic carbocycles. The maximum atomic E-state index is 11.2. The summed E-state index contributed by atoms with van der Waals surface area (Å²) < 4.78 is 33.5. The van der Waals surface area contributed by atoms with Crippen molar-refractivity contribution in [2.24, 2.45) is 0 Å². The Kier molecular flexibility index (Phi) is 2.48. The number of hydrogen-bond acceptors (Lipinski definition) is 1. The minimum absolute atomic E-state index is 0.340. The van der Waals surface area contributed by atoms with Crippen LogP contribution in [0.4, 0.5) is 13.2 Å². The molecule has 0 atom stereocenters. The summed E-state index contributed by atoms with van der Waals surface area (Å²) in [5, 5.41) is 1.81. The molecule has 0 aliphatic heterocycles. The molecule has 0 spiro atoms. The fourth-order valence-electron chi connectivity index (χ4n) is 0.221. The van der Waals surface area contributed by atoms with E-state index in [4.69, 9.17) is 0 Å². The van der Waals surface area contributed by atoms with Crippen molar-refractivity contribution in [3.63, 3.8) is 0 Å². The summed E-state index contributed by atoms with van der Waals surface area (Å²) in [5.74, 6) is -1.14. The molecule has 0 rings (SSSR count). The summed E-state index contributed by atoms with van der Waals surface area (Å²) in [6, 6.07) is 0. The maximum Gasteiger partial charge on any atom is 0.401 e. The standard InChI is InChI=1S/C4H5F3NO/c1-8-3(9)2-4(5,6)7/h2H,1H3,(H,8,9). The second-order valence-electron chi connectivity index (χ2n) is 1.30. The lowest BCUT2D eigenvalue weighted by Crippen LogP contribution is -2.25. The van der Waals surface area contributed by atoms with Crippen LogP contribution in [0.2, 0.25) is 0 Å². The smallest absolute Gasteiger partial charge is 0.359 e. The molecule has 2 nitrogen and oxygen atoms in total. The molecule has 0 aromatic heterocycles. The van der Waals surface area contributed by atoms with E-state index in [0.717, 1.165) is 7.05 Å². The number of amides is 1. The first-order valence-corrected chi connectivity index (χ1v) is 2.10. The second kappa shape index (κ2) is 2.70. The predicted molar refractivity (Wildman–Crippen MR) is 24.4 cm³/mol. The van der Waals surface area contributed by atoms with Gasteiger partial charge in [0.25, 0.3) is 0 Å². The van der Waals surface area contributed by atoms with Gasteiger partial charge in [0.15, 0.2) is 6.42 Å². The Balaban J connectivity index is 3.60. The van der Waals surface area contributed by atoms with Crippen molar-refractivity contribution in [3.05, 3.63) is 6.42 Å². The Labute approximate surface area is 50.0 Å². The lowest BCUT2D eigenvalue weighted by Gasteiger charge is -2.01. The maximum absolute atomic E-state index is 11.2. The first-order valence-electron chi connectivity index (χ1n) is 2.10. The van der Waals surface area contributed by atoms with Crippen LogP contribution in [0, 0.1) is 6.42 Å². The highest BCUT2D eigenvalue weighted by Crippen LogP contribution is 2.17. The quantitative estimate of drug-likeness (QED) is 0.564. The SMILES string of the molecule is CNC(=O)[CH]C(F)(F)F. The first-order chi connectivity index (χ1) is 3.95. The number of nitrogens with one attached hydrogen (secondary N) is 1. The number of hydrogen-bond donors (Lipinski definition) is 1. The van der Waals surface area contributed by atoms with Crippen molar-refractivity contribution in [3.8, 4) is 0 Å². The minimum Gasteiger partial charge on any atom is -0.359 e. The molecule has 0 heterocycles. The predicted octanol–water partition coefficient (Wildman–Crippen LogP) is 0.499. The molecule has 5 heteroatoms. The molecule has 0 aromatic rings. The molecular weight excluding hydrogens is 135 g/mol. The van der Waals surface area contributed by atoms with Crippen LogP contribution in [0.15, 0.2) is 0 Å². The van der Waals surface area contributed by atoms with E-state index < -0.39 is 12.1 Å². The molecular formula is C4H5F3NO. The summed E-state index contributed by atoms with van der Waals surface area (Å²) in [6.07, 6.45) is -4.85. The lowest BCUT2D eigenvalue weighted by atomic mass is 10.4. The third-order valence-corrected chi connectivity index (χ3v) is 0.541. The minimum atomic E-state index is -4.51. The van der Waals surface area contributed by atoms with Crippen LogP contribution in [0.25, 0.3) is 0 Å². The van der Waals surface area contributed by atoms with Gasteiger partial charge in [-0.15, -0.1) is 0 Å². The largest absolute Gasteiger partial charge is 0.401 e. The normalized spacial score (nSPS) is 11.1. The van der Waals surface area contributed by atoms with Crippen molar-refractivity contribution in [2.75, 3.05) is 7.05 Å². The van der Waals surface area contributed by atoms with Crippen LogP contribution >= 0.6 is 0 Å². The average Bonchev–Trinajstić information content (AvgIpc) is 1.62. The highest BCUT2D eigenvalue weighted by Gasteiger charge is 2.31. The Morgan fingerprint density at radius 3 is 2.11 bits per heavy atom. The van der Waals surface area contributed by atoms with Gasteiger partial charge < -0.3 is 5.32 Å². The van der Waals surface area contributed by atoms with Gasteiger partial charge in [-0.05, 0) is 0 Å². The van der Waals surface area contributed by atoms with Crippen molar-refractivity contribution in [1.82, 2.24) is 5.32 Å². The van der Waals surface area contributed by atoms with Gasteiger partial charge >= 0.3 is 6.18 Å². The van der Waals surface area contributed by atoms with Gasteiger partial charge in [0.05, 0.1) is 0 Å². The number of carbonyl (C=O) groups excluding carboxylic acids is 1. The van der Waals surface area contributed by atoms with Crippen LogP contribution in [0.5, 0.6) is 0 Å². The zero-order valence-corrected chi connectivity index (χ0v) is 4.62. The molecule has 0 aliphatic carbocycles. The van der Waals surface area contributed by atoms with E-state index in [-0.39, 0.29) is 6.42 Å². The van der Waals surface area contributed by atoms with Crippen LogP contribution in [-0.4, -0.2) is 19.1 Å². The molecule has 0 unspecified atom stereocenters. The molecule has 1 N–H and O–H groups in total. The lowest BCUT2D eigenvalue weighted by molar-refractivity contribution is -0.132. The summed E-state index contributed by atoms with van der Waals surface area (Å²) in [6.45, 7) is 0. The third-order valence-electron chi connectivity index (χ3n) is 0.541. The van der Waals surface area contributed by atoms with Gasteiger partial charge in [-0.25, -0.2) is 0 Å². The Bertz CT molecular complexity index is 109. The van der Waals surface area contributed by atoms with Crippen molar-refractivity contribution in [1.29, 1.82) is 0 Å². The molecule has 9 heavy (non-hydrogen) atoms. The fourth-order valence-corrected chi connectivity index (χ4v) is 0.221. The summed E-state index contributed by atoms with van der Waals surface area (Å²) in [4.78, 5) is 9.94. The van der Waals surface area contributed by atoms with Crippen molar-refractivity contribution >= 4 is 5.91 Å². The summed E-state index contributed by atoms with van der Waals surface area (Å²) >= 11 is 0. The van der Waals surface area contributed by atoms with E-state index in [1.165, 1.54) is 0 Å². The molecule has 0 aliphatic rings. The van der Waals surface area contributed by atoms with Gasteiger partial charge in [0, 0.05) is 7.05 Å². The molecule has 0 fully saturated rings. The molecule has 0 saturated carbocycles. The van der Waals surface area contributed by atoms with Gasteiger partial charge in [-0.1, -0.05) is 0 Å². The Morgan fingerprint density at radius 1 is 1.56 bits per heavy atom. The van der Waals surface area contributed by atoms with Gasteiger partial charge in [-0.3, -0.25) is 4.79 Å². The second-order valence-corrected chi connectivity index (χ2v) is 1.30. The topological polar surface area (TPSA) is 29.1 Å². The highest BCUT2D eigenvalue weighted by atomic mass is 19.4. The molecule has 1 amide bonds. The van der Waals surface area contributed by atoms with Crippen LogP contribution in [-0.2, 0) is 4.79 Å². The molecule has 53 valence electrons. The van der Waals surface area contributed by atoms with E-state index in [1.54, 1.807) is 0 Å². The molecule has 1 radical (unpaired) electrons.